The summed E-state index contributed by atoms with van der Waals surface area (Å²) < 4.78 is 16.1. The smallest absolute Gasteiger partial charge is 0.231 e. The zero-order valence-electron chi connectivity index (χ0n) is 19.9. The van der Waals surface area contributed by atoms with E-state index >= 15 is 0 Å². The second-order valence-corrected chi connectivity index (χ2v) is 9.00. The highest BCUT2D eigenvalue weighted by molar-refractivity contribution is 5.76. The monoisotopic (exact) mass is 474 g/mol. The van der Waals surface area contributed by atoms with Crippen molar-refractivity contribution in [2.24, 2.45) is 5.92 Å². The highest BCUT2D eigenvalue weighted by Crippen LogP contribution is 2.33. The van der Waals surface area contributed by atoms with Gasteiger partial charge in [0.1, 0.15) is 11.6 Å². The van der Waals surface area contributed by atoms with E-state index in [1.165, 1.54) is 5.56 Å². The number of benzene rings is 2. The number of methoxy groups -OCH3 is 1. The summed E-state index contributed by atoms with van der Waals surface area (Å²) >= 11 is 0. The van der Waals surface area contributed by atoms with Gasteiger partial charge in [0.15, 0.2) is 11.5 Å². The molecular formula is C27H30N4O4. The fourth-order valence-electron chi connectivity index (χ4n) is 4.51. The zero-order valence-corrected chi connectivity index (χ0v) is 19.9. The molecule has 3 heterocycles. The number of aryl methyl sites for hydroxylation is 1. The quantitative estimate of drug-likeness (QED) is 0.508. The van der Waals surface area contributed by atoms with Gasteiger partial charge in [-0.05, 0) is 54.3 Å². The normalized spacial score (nSPS) is 16.9. The molecule has 1 unspecified atom stereocenters. The lowest BCUT2D eigenvalue weighted by Crippen LogP contribution is -2.31. The van der Waals surface area contributed by atoms with Crippen molar-refractivity contribution >= 4 is 5.91 Å². The third-order valence-electron chi connectivity index (χ3n) is 6.51. The van der Waals surface area contributed by atoms with Crippen molar-refractivity contribution in [3.63, 3.8) is 0 Å². The van der Waals surface area contributed by atoms with Crippen molar-refractivity contribution in [3.8, 4) is 28.4 Å². The average molecular weight is 475 g/mol. The Balaban J connectivity index is 1.03. The molecule has 5 rings (SSSR count). The summed E-state index contributed by atoms with van der Waals surface area (Å²) in [4.78, 5) is 23.7. The number of rotatable bonds is 9. The molecule has 0 saturated carbocycles. The minimum Gasteiger partial charge on any atom is -0.497 e. The van der Waals surface area contributed by atoms with E-state index in [1.54, 1.807) is 19.5 Å². The van der Waals surface area contributed by atoms with Crippen LogP contribution >= 0.6 is 0 Å². The van der Waals surface area contributed by atoms with Gasteiger partial charge in [0.05, 0.1) is 7.11 Å². The third kappa shape index (κ3) is 5.89. The van der Waals surface area contributed by atoms with Gasteiger partial charge in [0.25, 0.3) is 0 Å². The molecule has 0 spiro atoms. The van der Waals surface area contributed by atoms with Gasteiger partial charge in [-0.1, -0.05) is 18.2 Å². The fraction of sp³-hybridized carbons (Fsp3) is 0.370. The number of aromatic nitrogens is 2. The lowest BCUT2D eigenvalue weighted by atomic mass is 10.1. The largest absolute Gasteiger partial charge is 0.497 e. The second kappa shape index (κ2) is 10.7. The number of amides is 1. The predicted molar refractivity (Wildman–Crippen MR) is 131 cm³/mol. The van der Waals surface area contributed by atoms with Crippen LogP contribution in [0.3, 0.4) is 0 Å². The van der Waals surface area contributed by atoms with Gasteiger partial charge in [-0.25, -0.2) is 9.97 Å². The summed E-state index contributed by atoms with van der Waals surface area (Å²) in [6.45, 7) is 3.89. The molecule has 35 heavy (non-hydrogen) atoms. The van der Waals surface area contributed by atoms with E-state index < -0.39 is 0 Å². The van der Waals surface area contributed by atoms with Gasteiger partial charge in [0, 0.05) is 50.4 Å². The zero-order chi connectivity index (χ0) is 24.0. The van der Waals surface area contributed by atoms with E-state index in [9.17, 15) is 4.79 Å². The maximum atomic E-state index is 12.4. The van der Waals surface area contributed by atoms with E-state index in [2.05, 4.69) is 32.3 Å². The fourth-order valence-corrected chi connectivity index (χ4v) is 4.51. The summed E-state index contributed by atoms with van der Waals surface area (Å²) in [7, 11) is 1.65. The number of carbonyl (C=O) groups is 1. The van der Waals surface area contributed by atoms with E-state index in [4.69, 9.17) is 14.2 Å². The average Bonchev–Trinajstić information content (AvgIpc) is 3.56. The van der Waals surface area contributed by atoms with Gasteiger partial charge < -0.3 is 19.5 Å². The van der Waals surface area contributed by atoms with Crippen LogP contribution < -0.4 is 19.5 Å². The number of ether oxygens (including phenoxy) is 3. The van der Waals surface area contributed by atoms with Crippen LogP contribution in [0, 0.1) is 5.92 Å². The van der Waals surface area contributed by atoms with Crippen molar-refractivity contribution in [2.45, 2.75) is 25.8 Å². The molecule has 1 amide bonds. The molecule has 3 aromatic rings. The van der Waals surface area contributed by atoms with Crippen LogP contribution in [0.15, 0.2) is 54.9 Å². The SMILES string of the molecule is COc1ccc(-c2cnc(CCC(=O)NCC3CCN(Cc4ccc5c(c4)OCO5)C3)nc2)cc1. The third-order valence-corrected chi connectivity index (χ3v) is 6.51. The Labute approximate surface area is 205 Å². The van der Waals surface area contributed by atoms with Crippen molar-refractivity contribution < 1.29 is 19.0 Å². The van der Waals surface area contributed by atoms with Crippen LogP contribution in [0.2, 0.25) is 0 Å². The number of likely N-dealkylation sites (tertiary alicyclic amines) is 1. The number of fused-ring (bicyclic) bond motifs is 1. The van der Waals surface area contributed by atoms with Crippen LogP contribution in [0.25, 0.3) is 11.1 Å². The summed E-state index contributed by atoms with van der Waals surface area (Å²) in [6, 6.07) is 13.9. The topological polar surface area (TPSA) is 85.8 Å². The maximum absolute atomic E-state index is 12.4. The molecule has 0 radical (unpaired) electrons. The Morgan fingerprint density at radius 2 is 1.89 bits per heavy atom. The van der Waals surface area contributed by atoms with Gasteiger partial charge in [-0.15, -0.1) is 0 Å². The summed E-state index contributed by atoms with van der Waals surface area (Å²) in [5.74, 6) is 3.63. The molecule has 0 aliphatic carbocycles. The standard InChI is InChI=1S/C27H30N4O4/c1-33-23-5-3-21(4-6-23)22-14-28-26(29-15-22)8-9-27(32)30-13-20-10-11-31(17-20)16-19-2-7-24-25(12-19)35-18-34-24/h2-7,12,14-15,20H,8-11,13,16-18H2,1H3,(H,30,32). The van der Waals surface area contributed by atoms with Crippen LogP contribution in [-0.2, 0) is 17.8 Å². The molecule has 2 aromatic carbocycles. The van der Waals surface area contributed by atoms with Crippen LogP contribution in [-0.4, -0.2) is 54.3 Å². The van der Waals surface area contributed by atoms with Crippen molar-refractivity contribution in [1.82, 2.24) is 20.2 Å². The summed E-state index contributed by atoms with van der Waals surface area (Å²) in [5, 5.41) is 3.09. The molecule has 2 aliphatic heterocycles. The van der Waals surface area contributed by atoms with Crippen LogP contribution in [0.4, 0.5) is 0 Å². The van der Waals surface area contributed by atoms with Crippen molar-refractivity contribution in [1.29, 1.82) is 0 Å². The predicted octanol–water partition coefficient (Wildman–Crippen LogP) is 3.45. The molecule has 2 aliphatic rings. The Bertz CT molecular complexity index is 1150. The van der Waals surface area contributed by atoms with Crippen LogP contribution in [0.1, 0.15) is 24.2 Å². The number of nitrogens with one attached hydrogen (secondary N) is 1. The van der Waals surface area contributed by atoms with E-state index in [-0.39, 0.29) is 5.91 Å². The number of nitrogens with zero attached hydrogens (tertiary/aromatic N) is 3. The maximum Gasteiger partial charge on any atom is 0.231 e. The van der Waals surface area contributed by atoms with Crippen molar-refractivity contribution in [2.75, 3.05) is 33.5 Å². The Hall–Kier alpha value is -3.65. The summed E-state index contributed by atoms with van der Waals surface area (Å²) in [5.41, 5.74) is 3.18. The molecule has 1 atom stereocenters. The molecule has 1 fully saturated rings. The molecule has 8 heteroatoms. The lowest BCUT2D eigenvalue weighted by Gasteiger charge is -2.16. The minimum atomic E-state index is 0.0436. The lowest BCUT2D eigenvalue weighted by molar-refractivity contribution is -0.121. The molecule has 1 saturated heterocycles. The van der Waals surface area contributed by atoms with Crippen LogP contribution in [0.5, 0.6) is 17.2 Å². The number of carbonyl (C=O) groups excluding carboxylic acids is 1. The molecule has 0 bridgehead atoms. The van der Waals surface area contributed by atoms with E-state index in [0.717, 1.165) is 54.4 Å². The second-order valence-electron chi connectivity index (χ2n) is 9.00. The van der Waals surface area contributed by atoms with E-state index in [1.807, 2.05) is 30.3 Å². The number of hydrogen-bond acceptors (Lipinski definition) is 7. The van der Waals surface area contributed by atoms with E-state index in [0.29, 0.717) is 37.9 Å². The van der Waals surface area contributed by atoms with Crippen molar-refractivity contribution in [3.05, 3.63) is 66.2 Å². The van der Waals surface area contributed by atoms with Gasteiger partial charge >= 0.3 is 0 Å². The number of hydrogen-bond donors (Lipinski definition) is 1. The highest BCUT2D eigenvalue weighted by atomic mass is 16.7. The first-order chi connectivity index (χ1) is 17.2. The van der Waals surface area contributed by atoms with Gasteiger partial charge in [0.2, 0.25) is 12.7 Å². The Morgan fingerprint density at radius 1 is 1.09 bits per heavy atom. The first-order valence-electron chi connectivity index (χ1n) is 12.0. The first kappa shape index (κ1) is 23.1. The molecule has 1 N–H and O–H groups in total. The molecule has 8 nitrogen and oxygen atoms in total. The Kier molecular flexibility index (Phi) is 7.09. The molecule has 182 valence electrons. The molecular weight excluding hydrogens is 444 g/mol. The van der Waals surface area contributed by atoms with Gasteiger partial charge in [-0.2, -0.15) is 0 Å². The first-order valence-corrected chi connectivity index (χ1v) is 12.0. The minimum absolute atomic E-state index is 0.0436. The Morgan fingerprint density at radius 3 is 2.69 bits per heavy atom. The van der Waals surface area contributed by atoms with Gasteiger partial charge in [-0.3, -0.25) is 9.69 Å². The molecule has 1 aromatic heterocycles. The highest BCUT2D eigenvalue weighted by Gasteiger charge is 2.23. The summed E-state index contributed by atoms with van der Waals surface area (Å²) in [6.07, 6.45) is 5.59.